The summed E-state index contributed by atoms with van der Waals surface area (Å²) in [6, 6.07) is 8.14. The molecule has 2 aromatic rings. The average molecular weight is 257 g/mol. The normalized spacial score (nSPS) is 14.5. The number of hydrogen-bond donors (Lipinski definition) is 0. The fourth-order valence-corrected chi connectivity index (χ4v) is 2.46. The van der Waals surface area contributed by atoms with Gasteiger partial charge in [-0.1, -0.05) is 18.2 Å². The number of fused-ring (bicyclic) bond motifs is 1. The van der Waals surface area contributed by atoms with Crippen molar-refractivity contribution < 1.29 is 8.78 Å². The van der Waals surface area contributed by atoms with Gasteiger partial charge < -0.3 is 0 Å². The molecule has 1 aromatic carbocycles. The molecule has 0 saturated heterocycles. The molecule has 0 unspecified atom stereocenters. The van der Waals surface area contributed by atoms with Crippen molar-refractivity contribution in [2.24, 2.45) is 0 Å². The number of rotatable bonds is 1. The first-order valence-corrected chi connectivity index (χ1v) is 6.34. The molecule has 1 nitrogen and oxygen atoms in total. The van der Waals surface area contributed by atoms with Crippen LogP contribution in [-0.2, 0) is 6.42 Å². The number of aryl methyl sites for hydroxylation is 1. The zero-order valence-corrected chi connectivity index (χ0v) is 10.4. The largest absolute Gasteiger partial charge is 0.261 e. The van der Waals surface area contributed by atoms with Crippen LogP contribution in [0.1, 0.15) is 29.7 Å². The van der Waals surface area contributed by atoms with Gasteiger partial charge in [-0.05, 0) is 48.6 Å². The molecule has 0 atom stereocenters. The smallest absolute Gasteiger partial charge is 0.166 e. The zero-order chi connectivity index (χ0) is 13.2. The van der Waals surface area contributed by atoms with Crippen LogP contribution >= 0.6 is 0 Å². The highest BCUT2D eigenvalue weighted by Gasteiger charge is 2.15. The summed E-state index contributed by atoms with van der Waals surface area (Å²) in [5.74, 6) is -1.56. The second kappa shape index (κ2) is 4.92. The molecule has 0 amide bonds. The van der Waals surface area contributed by atoms with Crippen molar-refractivity contribution in [3.05, 3.63) is 65.0 Å². The minimum atomic E-state index is -0.797. The SMILES string of the molecule is Fc1cccc(C2=Cc3cccnc3CCC2)c1F. The van der Waals surface area contributed by atoms with Crippen LogP contribution in [0, 0.1) is 11.6 Å². The quantitative estimate of drug-likeness (QED) is 0.744. The van der Waals surface area contributed by atoms with E-state index in [0.717, 1.165) is 42.2 Å². The predicted molar refractivity (Wildman–Crippen MR) is 71.4 cm³/mol. The molecule has 0 bridgehead atoms. The van der Waals surface area contributed by atoms with Crippen molar-refractivity contribution in [3.8, 4) is 0 Å². The van der Waals surface area contributed by atoms with E-state index in [0.29, 0.717) is 5.56 Å². The summed E-state index contributed by atoms with van der Waals surface area (Å²) in [4.78, 5) is 4.33. The van der Waals surface area contributed by atoms with Crippen LogP contribution in [0.4, 0.5) is 8.78 Å². The molecular weight excluding hydrogens is 244 g/mol. The van der Waals surface area contributed by atoms with E-state index in [1.165, 1.54) is 0 Å². The molecule has 1 heterocycles. The average Bonchev–Trinajstić information content (AvgIpc) is 2.64. The maximum absolute atomic E-state index is 13.9. The number of allylic oxidation sites excluding steroid dienone is 1. The third-order valence-corrected chi connectivity index (χ3v) is 3.41. The Morgan fingerprint density at radius 3 is 2.79 bits per heavy atom. The van der Waals surface area contributed by atoms with Crippen molar-refractivity contribution in [2.75, 3.05) is 0 Å². The maximum atomic E-state index is 13.9. The van der Waals surface area contributed by atoms with Gasteiger partial charge in [-0.25, -0.2) is 8.78 Å². The van der Waals surface area contributed by atoms with E-state index in [9.17, 15) is 8.78 Å². The summed E-state index contributed by atoms with van der Waals surface area (Å²) in [5.41, 5.74) is 3.22. The Bertz CT molecular complexity index is 647. The molecule has 1 aromatic heterocycles. The number of halogens is 2. The highest BCUT2D eigenvalue weighted by Crippen LogP contribution is 2.30. The van der Waals surface area contributed by atoms with Gasteiger partial charge in [0.15, 0.2) is 11.6 Å². The zero-order valence-electron chi connectivity index (χ0n) is 10.4. The van der Waals surface area contributed by atoms with E-state index in [-0.39, 0.29) is 0 Å². The minimum absolute atomic E-state index is 0.358. The standard InChI is InChI=1S/C16H13F2N/c17-14-7-2-6-13(16(14)18)11-4-1-8-15-12(10-11)5-3-9-19-15/h2-3,5-7,9-10H,1,4,8H2. The van der Waals surface area contributed by atoms with Crippen LogP contribution in [0.5, 0.6) is 0 Å². The van der Waals surface area contributed by atoms with Crippen LogP contribution in [0.15, 0.2) is 36.5 Å². The molecule has 96 valence electrons. The monoisotopic (exact) mass is 257 g/mol. The van der Waals surface area contributed by atoms with E-state index in [2.05, 4.69) is 4.98 Å². The van der Waals surface area contributed by atoms with Gasteiger partial charge in [0.1, 0.15) is 0 Å². The molecule has 19 heavy (non-hydrogen) atoms. The van der Waals surface area contributed by atoms with Gasteiger partial charge in [0.25, 0.3) is 0 Å². The Hall–Kier alpha value is -2.03. The van der Waals surface area contributed by atoms with E-state index in [1.54, 1.807) is 18.3 Å². The van der Waals surface area contributed by atoms with Gasteiger partial charge in [0.2, 0.25) is 0 Å². The Morgan fingerprint density at radius 1 is 1.00 bits per heavy atom. The lowest BCUT2D eigenvalue weighted by atomic mass is 10.00. The predicted octanol–water partition coefficient (Wildman–Crippen LogP) is 4.24. The molecule has 0 radical (unpaired) electrons. The minimum Gasteiger partial charge on any atom is -0.261 e. The van der Waals surface area contributed by atoms with Gasteiger partial charge >= 0.3 is 0 Å². The number of benzene rings is 1. The van der Waals surface area contributed by atoms with Gasteiger partial charge in [-0.2, -0.15) is 0 Å². The van der Waals surface area contributed by atoms with E-state index in [4.69, 9.17) is 0 Å². The maximum Gasteiger partial charge on any atom is 0.166 e. The number of nitrogens with zero attached hydrogens (tertiary/aromatic N) is 1. The molecule has 0 N–H and O–H groups in total. The van der Waals surface area contributed by atoms with Crippen molar-refractivity contribution in [2.45, 2.75) is 19.3 Å². The fourth-order valence-electron chi connectivity index (χ4n) is 2.46. The highest BCUT2D eigenvalue weighted by atomic mass is 19.2. The van der Waals surface area contributed by atoms with Gasteiger partial charge in [-0.15, -0.1) is 0 Å². The first-order chi connectivity index (χ1) is 9.25. The lowest BCUT2D eigenvalue weighted by molar-refractivity contribution is 0.506. The van der Waals surface area contributed by atoms with Gasteiger partial charge in [0.05, 0.1) is 0 Å². The van der Waals surface area contributed by atoms with E-state index >= 15 is 0 Å². The number of aromatic nitrogens is 1. The first kappa shape index (κ1) is 12.0. The molecule has 0 saturated carbocycles. The highest BCUT2D eigenvalue weighted by molar-refractivity contribution is 5.82. The van der Waals surface area contributed by atoms with Crippen LogP contribution in [-0.4, -0.2) is 4.98 Å². The molecule has 3 heteroatoms. The van der Waals surface area contributed by atoms with Crippen molar-refractivity contribution in [1.82, 2.24) is 4.98 Å². The summed E-state index contributed by atoms with van der Waals surface area (Å²) >= 11 is 0. The summed E-state index contributed by atoms with van der Waals surface area (Å²) < 4.78 is 27.2. The Labute approximate surface area is 110 Å². The summed E-state index contributed by atoms with van der Waals surface area (Å²) in [6.45, 7) is 0. The Kier molecular flexibility index (Phi) is 3.11. The molecular formula is C16H13F2N. The molecule has 3 rings (SSSR count). The van der Waals surface area contributed by atoms with Crippen LogP contribution < -0.4 is 0 Å². The van der Waals surface area contributed by atoms with Crippen LogP contribution in [0.3, 0.4) is 0 Å². The topological polar surface area (TPSA) is 12.9 Å². The van der Waals surface area contributed by atoms with Crippen LogP contribution in [0.2, 0.25) is 0 Å². The Morgan fingerprint density at radius 2 is 1.89 bits per heavy atom. The lowest BCUT2D eigenvalue weighted by Gasteiger charge is -2.07. The van der Waals surface area contributed by atoms with Crippen LogP contribution in [0.25, 0.3) is 11.6 Å². The molecule has 1 aliphatic carbocycles. The number of pyridine rings is 1. The van der Waals surface area contributed by atoms with Gasteiger partial charge in [0, 0.05) is 17.5 Å². The fraction of sp³-hybridized carbons (Fsp3) is 0.188. The van der Waals surface area contributed by atoms with Crippen molar-refractivity contribution >= 4 is 11.6 Å². The second-order valence-electron chi connectivity index (χ2n) is 4.66. The Balaban J connectivity index is 2.11. The number of hydrogen-bond acceptors (Lipinski definition) is 1. The van der Waals surface area contributed by atoms with Gasteiger partial charge in [-0.3, -0.25) is 4.98 Å². The van der Waals surface area contributed by atoms with Crippen molar-refractivity contribution in [1.29, 1.82) is 0 Å². The van der Waals surface area contributed by atoms with E-state index in [1.807, 2.05) is 18.2 Å². The molecule has 0 spiro atoms. The van der Waals surface area contributed by atoms with E-state index < -0.39 is 11.6 Å². The summed E-state index contributed by atoms with van der Waals surface area (Å²) in [6.07, 6.45) is 6.18. The second-order valence-corrected chi connectivity index (χ2v) is 4.66. The summed E-state index contributed by atoms with van der Waals surface area (Å²) in [5, 5.41) is 0. The molecule has 0 aliphatic heterocycles. The molecule has 0 fully saturated rings. The third kappa shape index (κ3) is 2.28. The van der Waals surface area contributed by atoms with Crippen molar-refractivity contribution in [3.63, 3.8) is 0 Å². The lowest BCUT2D eigenvalue weighted by Crippen LogP contribution is -1.93. The summed E-state index contributed by atoms with van der Waals surface area (Å²) in [7, 11) is 0. The third-order valence-electron chi connectivity index (χ3n) is 3.41. The molecule has 1 aliphatic rings. The first-order valence-electron chi connectivity index (χ1n) is 6.34.